The lowest BCUT2D eigenvalue weighted by molar-refractivity contribution is 0.251. The van der Waals surface area contributed by atoms with Gasteiger partial charge in [0.15, 0.2) is 0 Å². The highest BCUT2D eigenvalue weighted by atomic mass is 16.2. The van der Waals surface area contributed by atoms with E-state index in [-0.39, 0.29) is 12.1 Å². The summed E-state index contributed by atoms with van der Waals surface area (Å²) in [6, 6.07) is 6.03. The molecule has 4 N–H and O–H groups in total. The van der Waals surface area contributed by atoms with Gasteiger partial charge < -0.3 is 16.4 Å². The summed E-state index contributed by atoms with van der Waals surface area (Å²) in [5.74, 6) is 1.24. The molecule has 0 spiro atoms. The summed E-state index contributed by atoms with van der Waals surface area (Å²) in [6.07, 6.45) is 0.903. The van der Waals surface area contributed by atoms with Gasteiger partial charge in [-0.3, -0.25) is 0 Å². The third-order valence-corrected chi connectivity index (χ3v) is 3.91. The van der Waals surface area contributed by atoms with Gasteiger partial charge in [0.25, 0.3) is 0 Å². The number of benzene rings is 1. The van der Waals surface area contributed by atoms with E-state index in [0.29, 0.717) is 24.3 Å². The summed E-state index contributed by atoms with van der Waals surface area (Å²) in [5.41, 5.74) is 9.30. The smallest absolute Gasteiger partial charge is 0.319 e. The standard InChI is InChI=1S/C19H33N3O/c1-12(2)10-15(20)11-21-19(23)22-18-16(13(3)4)8-7-9-17(18)14(5)6/h7-9,12-15H,10-11,20H2,1-6H3,(H2,21,22,23). The molecular weight excluding hydrogens is 286 g/mol. The summed E-state index contributed by atoms with van der Waals surface area (Å²) in [4.78, 5) is 12.3. The zero-order valence-corrected chi connectivity index (χ0v) is 15.4. The number of carbonyl (C=O) groups is 1. The maximum Gasteiger partial charge on any atom is 0.319 e. The molecule has 1 rings (SSSR count). The van der Waals surface area contributed by atoms with Crippen LogP contribution in [0.1, 0.15) is 70.9 Å². The first-order valence-electron chi connectivity index (χ1n) is 8.65. The van der Waals surface area contributed by atoms with Gasteiger partial charge in [-0.1, -0.05) is 59.7 Å². The molecule has 0 heterocycles. The Morgan fingerprint density at radius 2 is 1.57 bits per heavy atom. The number of nitrogens with one attached hydrogen (secondary N) is 2. The lowest BCUT2D eigenvalue weighted by atomic mass is 9.93. The Morgan fingerprint density at radius 1 is 1.04 bits per heavy atom. The maximum absolute atomic E-state index is 12.3. The minimum atomic E-state index is -0.181. The summed E-state index contributed by atoms with van der Waals surface area (Å²) in [6.45, 7) is 13.3. The SMILES string of the molecule is CC(C)CC(N)CNC(=O)Nc1c(C(C)C)cccc1C(C)C. The number of hydrogen-bond acceptors (Lipinski definition) is 2. The Hall–Kier alpha value is -1.55. The van der Waals surface area contributed by atoms with Crippen LogP contribution in [0.15, 0.2) is 18.2 Å². The van der Waals surface area contributed by atoms with Gasteiger partial charge in [-0.25, -0.2) is 4.79 Å². The van der Waals surface area contributed by atoms with Crippen molar-refractivity contribution in [3.63, 3.8) is 0 Å². The summed E-state index contributed by atoms with van der Waals surface area (Å²) < 4.78 is 0. The number of carbonyl (C=O) groups excluding carboxylic acids is 1. The average molecular weight is 319 g/mol. The maximum atomic E-state index is 12.3. The number of nitrogens with two attached hydrogens (primary N) is 1. The zero-order valence-electron chi connectivity index (χ0n) is 15.4. The lowest BCUT2D eigenvalue weighted by Crippen LogP contribution is -2.40. The van der Waals surface area contributed by atoms with Crippen LogP contribution in [0, 0.1) is 5.92 Å². The van der Waals surface area contributed by atoms with Crippen molar-refractivity contribution in [2.45, 2.75) is 65.8 Å². The topological polar surface area (TPSA) is 67.1 Å². The summed E-state index contributed by atoms with van der Waals surface area (Å²) in [7, 11) is 0. The predicted molar refractivity (Wildman–Crippen MR) is 99.1 cm³/mol. The van der Waals surface area contributed by atoms with Crippen molar-refractivity contribution in [2.75, 3.05) is 11.9 Å². The normalized spacial score (nSPS) is 12.8. The van der Waals surface area contributed by atoms with Crippen LogP contribution in [0.25, 0.3) is 0 Å². The van der Waals surface area contributed by atoms with Crippen molar-refractivity contribution < 1.29 is 4.79 Å². The molecule has 23 heavy (non-hydrogen) atoms. The Kier molecular flexibility index (Phi) is 7.56. The fourth-order valence-electron chi connectivity index (χ4n) is 2.77. The van der Waals surface area contributed by atoms with E-state index in [1.165, 1.54) is 0 Å². The lowest BCUT2D eigenvalue weighted by Gasteiger charge is -2.21. The monoisotopic (exact) mass is 319 g/mol. The van der Waals surface area contributed by atoms with Crippen molar-refractivity contribution in [1.29, 1.82) is 0 Å². The molecule has 1 aromatic carbocycles. The molecule has 1 aromatic rings. The minimum absolute atomic E-state index is 0.00865. The highest BCUT2D eigenvalue weighted by molar-refractivity contribution is 5.91. The van der Waals surface area contributed by atoms with Crippen LogP contribution >= 0.6 is 0 Å². The van der Waals surface area contributed by atoms with E-state index >= 15 is 0 Å². The highest BCUT2D eigenvalue weighted by Crippen LogP contribution is 2.32. The van der Waals surface area contributed by atoms with Crippen LogP contribution < -0.4 is 16.4 Å². The second kappa shape index (κ2) is 8.92. The van der Waals surface area contributed by atoms with Crippen LogP contribution in [0.3, 0.4) is 0 Å². The third-order valence-electron chi connectivity index (χ3n) is 3.91. The molecule has 0 aromatic heterocycles. The predicted octanol–water partition coefficient (Wildman–Crippen LogP) is 4.43. The third kappa shape index (κ3) is 6.22. The second-order valence-corrected chi connectivity index (χ2v) is 7.35. The summed E-state index contributed by atoms with van der Waals surface area (Å²) in [5, 5.41) is 5.94. The van der Waals surface area contributed by atoms with E-state index in [0.717, 1.165) is 23.2 Å². The van der Waals surface area contributed by atoms with Crippen LogP contribution in [-0.2, 0) is 0 Å². The Morgan fingerprint density at radius 3 is 2.00 bits per heavy atom. The Labute approximate surface area is 141 Å². The molecule has 4 heteroatoms. The molecule has 1 atom stereocenters. The van der Waals surface area contributed by atoms with Crippen molar-refractivity contribution in [3.8, 4) is 0 Å². The van der Waals surface area contributed by atoms with E-state index in [9.17, 15) is 4.79 Å². The van der Waals surface area contributed by atoms with Gasteiger partial charge in [0.2, 0.25) is 0 Å². The van der Waals surface area contributed by atoms with Crippen LogP contribution in [0.4, 0.5) is 10.5 Å². The fraction of sp³-hybridized carbons (Fsp3) is 0.632. The molecular formula is C19H33N3O. The number of anilines is 1. The molecule has 0 radical (unpaired) electrons. The molecule has 0 aliphatic carbocycles. The molecule has 0 bridgehead atoms. The van der Waals surface area contributed by atoms with E-state index in [1.54, 1.807) is 0 Å². The van der Waals surface area contributed by atoms with Crippen LogP contribution in [0.5, 0.6) is 0 Å². The van der Waals surface area contributed by atoms with E-state index in [2.05, 4.69) is 70.4 Å². The molecule has 0 saturated carbocycles. The number of rotatable bonds is 7. The molecule has 130 valence electrons. The van der Waals surface area contributed by atoms with Gasteiger partial charge >= 0.3 is 6.03 Å². The summed E-state index contributed by atoms with van der Waals surface area (Å²) >= 11 is 0. The first kappa shape index (κ1) is 19.5. The fourth-order valence-corrected chi connectivity index (χ4v) is 2.77. The zero-order chi connectivity index (χ0) is 17.6. The minimum Gasteiger partial charge on any atom is -0.336 e. The van der Waals surface area contributed by atoms with Gasteiger partial charge in [-0.05, 0) is 35.3 Å². The van der Waals surface area contributed by atoms with Gasteiger partial charge in [-0.2, -0.15) is 0 Å². The van der Waals surface area contributed by atoms with E-state index in [4.69, 9.17) is 5.73 Å². The number of hydrogen-bond donors (Lipinski definition) is 3. The second-order valence-electron chi connectivity index (χ2n) is 7.35. The number of amides is 2. The molecule has 0 aliphatic rings. The van der Waals surface area contributed by atoms with Gasteiger partial charge in [0.1, 0.15) is 0 Å². The molecule has 1 unspecified atom stereocenters. The van der Waals surface area contributed by atoms with Crippen LogP contribution in [0.2, 0.25) is 0 Å². The highest BCUT2D eigenvalue weighted by Gasteiger charge is 2.16. The van der Waals surface area contributed by atoms with Crippen molar-refractivity contribution in [3.05, 3.63) is 29.3 Å². The first-order valence-corrected chi connectivity index (χ1v) is 8.65. The number of para-hydroxylation sites is 1. The largest absolute Gasteiger partial charge is 0.336 e. The Balaban J connectivity index is 2.80. The molecule has 0 aliphatic heterocycles. The number of urea groups is 1. The molecule has 4 nitrogen and oxygen atoms in total. The van der Waals surface area contributed by atoms with E-state index < -0.39 is 0 Å². The molecule has 0 saturated heterocycles. The first-order chi connectivity index (χ1) is 10.7. The van der Waals surface area contributed by atoms with Crippen LogP contribution in [-0.4, -0.2) is 18.6 Å². The van der Waals surface area contributed by atoms with Gasteiger partial charge in [0.05, 0.1) is 0 Å². The van der Waals surface area contributed by atoms with Gasteiger partial charge in [0, 0.05) is 18.3 Å². The van der Waals surface area contributed by atoms with E-state index in [1.807, 2.05) is 0 Å². The van der Waals surface area contributed by atoms with Gasteiger partial charge in [-0.15, -0.1) is 0 Å². The van der Waals surface area contributed by atoms with Crippen molar-refractivity contribution in [2.24, 2.45) is 11.7 Å². The average Bonchev–Trinajstić information content (AvgIpc) is 2.44. The molecule has 2 amide bonds. The Bertz CT molecular complexity index is 483. The quantitative estimate of drug-likeness (QED) is 0.696. The van der Waals surface area contributed by atoms with Crippen molar-refractivity contribution in [1.82, 2.24) is 5.32 Å². The van der Waals surface area contributed by atoms with Crippen molar-refractivity contribution >= 4 is 11.7 Å². The molecule has 0 fully saturated rings.